The number of furan rings is 1. The molecule has 4 rings (SSSR count). The number of thiazole rings is 1. The molecule has 0 saturated carbocycles. The first-order valence-corrected chi connectivity index (χ1v) is 9.38. The topological polar surface area (TPSA) is 52.0 Å². The van der Waals surface area contributed by atoms with Gasteiger partial charge in [0, 0.05) is 17.6 Å². The van der Waals surface area contributed by atoms with Gasteiger partial charge in [-0.2, -0.15) is 0 Å². The molecule has 1 unspecified atom stereocenters. The highest BCUT2D eigenvalue weighted by Gasteiger charge is 2.16. The fraction of sp³-hybridized carbons (Fsp3) is 0.176. The van der Waals surface area contributed by atoms with Crippen LogP contribution >= 0.6 is 22.7 Å². The Kier molecular flexibility index (Phi) is 4.29. The Balaban J connectivity index is 1.60. The third-order valence-electron chi connectivity index (χ3n) is 3.80. The molecule has 4 aromatic heterocycles. The third kappa shape index (κ3) is 3.33. The van der Waals surface area contributed by atoms with Gasteiger partial charge in [-0.05, 0) is 23.6 Å². The van der Waals surface area contributed by atoms with E-state index in [1.165, 1.54) is 21.1 Å². The van der Waals surface area contributed by atoms with Crippen LogP contribution in [-0.2, 0) is 19.6 Å². The Morgan fingerprint density at radius 1 is 1.12 bits per heavy atom. The normalized spacial score (nSPS) is 12.7. The number of thiophene rings is 1. The first-order valence-electron chi connectivity index (χ1n) is 7.62. The van der Waals surface area contributed by atoms with E-state index in [0.29, 0.717) is 6.54 Å². The summed E-state index contributed by atoms with van der Waals surface area (Å²) in [5.74, 6) is 0.940. The molecule has 1 atom stereocenters. The van der Waals surface area contributed by atoms with Gasteiger partial charge in [0.2, 0.25) is 0 Å². The number of nitrogens with one attached hydrogen (secondary N) is 1. The maximum absolute atomic E-state index is 12.2. The molecule has 0 aliphatic heterocycles. The highest BCUT2D eigenvalue weighted by Crippen LogP contribution is 2.08. The van der Waals surface area contributed by atoms with Crippen LogP contribution in [0, 0.1) is 0 Å². The zero-order chi connectivity index (χ0) is 16.4. The molecule has 4 heterocycles. The van der Waals surface area contributed by atoms with E-state index < -0.39 is 0 Å². The van der Waals surface area contributed by atoms with Crippen molar-refractivity contribution < 1.29 is 9.32 Å². The number of aromatic nitrogens is 2. The second-order valence-electron chi connectivity index (χ2n) is 5.58. The lowest BCUT2D eigenvalue weighted by molar-refractivity contribution is -0.942. The van der Waals surface area contributed by atoms with Crippen molar-refractivity contribution in [1.29, 1.82) is 0 Å². The SMILES string of the molecule is O=c1cc(C[NH+](Cc2ccco2)Cc2cccs2)nc2sccn12. The minimum absolute atomic E-state index is 0.0234. The van der Waals surface area contributed by atoms with Gasteiger partial charge in [0.05, 0.1) is 11.1 Å². The van der Waals surface area contributed by atoms with Gasteiger partial charge in [0.25, 0.3) is 5.56 Å². The Morgan fingerprint density at radius 2 is 2.08 bits per heavy atom. The van der Waals surface area contributed by atoms with E-state index in [2.05, 4.69) is 22.5 Å². The molecule has 0 aromatic carbocycles. The van der Waals surface area contributed by atoms with Gasteiger partial charge in [-0.1, -0.05) is 6.07 Å². The van der Waals surface area contributed by atoms with Crippen LogP contribution < -0.4 is 10.5 Å². The molecule has 0 radical (unpaired) electrons. The standard InChI is InChI=1S/C17H15N3O2S2/c21-16-9-13(18-17-20(16)5-8-24-17)10-19(11-14-3-1-6-22-14)12-15-4-2-7-23-15/h1-9H,10-12H2/p+1. The summed E-state index contributed by atoms with van der Waals surface area (Å²) in [7, 11) is 0. The second kappa shape index (κ2) is 6.72. The van der Waals surface area contributed by atoms with Crippen LogP contribution in [0.3, 0.4) is 0 Å². The van der Waals surface area contributed by atoms with Gasteiger partial charge >= 0.3 is 0 Å². The Morgan fingerprint density at radius 3 is 2.88 bits per heavy atom. The number of fused-ring (bicyclic) bond motifs is 1. The zero-order valence-electron chi connectivity index (χ0n) is 12.8. The zero-order valence-corrected chi connectivity index (χ0v) is 14.5. The fourth-order valence-corrected chi connectivity index (χ4v) is 4.26. The molecule has 24 heavy (non-hydrogen) atoms. The maximum atomic E-state index is 12.2. The van der Waals surface area contributed by atoms with Crippen LogP contribution in [0.1, 0.15) is 16.3 Å². The summed E-state index contributed by atoms with van der Waals surface area (Å²) >= 11 is 3.23. The van der Waals surface area contributed by atoms with Crippen LogP contribution in [0.15, 0.2) is 62.8 Å². The van der Waals surface area contributed by atoms with Gasteiger partial charge in [-0.15, -0.1) is 22.7 Å². The highest BCUT2D eigenvalue weighted by molar-refractivity contribution is 7.15. The first-order chi connectivity index (χ1) is 11.8. The van der Waals surface area contributed by atoms with Gasteiger partial charge in [0.15, 0.2) is 10.7 Å². The Hall–Kier alpha value is -2.22. The number of nitrogens with zero attached hydrogens (tertiary/aromatic N) is 2. The lowest BCUT2D eigenvalue weighted by Gasteiger charge is -2.17. The van der Waals surface area contributed by atoms with E-state index in [1.807, 2.05) is 17.5 Å². The van der Waals surface area contributed by atoms with Crippen molar-refractivity contribution in [2.75, 3.05) is 0 Å². The molecule has 0 saturated heterocycles. The molecule has 4 aromatic rings. The average Bonchev–Trinajstić information content (AvgIpc) is 3.28. The molecule has 1 N–H and O–H groups in total. The quantitative estimate of drug-likeness (QED) is 0.575. The van der Waals surface area contributed by atoms with Crippen molar-refractivity contribution in [3.8, 4) is 0 Å². The smallest absolute Gasteiger partial charge is 0.258 e. The van der Waals surface area contributed by atoms with E-state index in [0.717, 1.165) is 29.5 Å². The molecule has 5 nitrogen and oxygen atoms in total. The second-order valence-corrected chi connectivity index (χ2v) is 7.49. The summed E-state index contributed by atoms with van der Waals surface area (Å²) in [6, 6.07) is 9.72. The third-order valence-corrected chi connectivity index (χ3v) is 5.43. The van der Waals surface area contributed by atoms with E-state index in [9.17, 15) is 4.79 Å². The van der Waals surface area contributed by atoms with E-state index >= 15 is 0 Å². The van der Waals surface area contributed by atoms with Crippen molar-refractivity contribution >= 4 is 27.6 Å². The van der Waals surface area contributed by atoms with Crippen LogP contribution in [-0.4, -0.2) is 9.38 Å². The Bertz CT molecular complexity index is 935. The molecule has 122 valence electrons. The lowest BCUT2D eigenvalue weighted by atomic mass is 10.3. The van der Waals surface area contributed by atoms with Crippen molar-refractivity contribution in [2.45, 2.75) is 19.6 Å². The number of hydrogen-bond acceptors (Lipinski definition) is 5. The highest BCUT2D eigenvalue weighted by atomic mass is 32.1. The number of rotatable bonds is 6. The molecular weight excluding hydrogens is 342 g/mol. The van der Waals surface area contributed by atoms with Crippen molar-refractivity contribution in [2.24, 2.45) is 0 Å². The van der Waals surface area contributed by atoms with Crippen LogP contribution in [0.25, 0.3) is 4.96 Å². The minimum Gasteiger partial charge on any atom is -0.463 e. The summed E-state index contributed by atoms with van der Waals surface area (Å²) in [6.45, 7) is 2.32. The Labute approximate surface area is 146 Å². The number of quaternary nitrogens is 1. The van der Waals surface area contributed by atoms with Gasteiger partial charge in [-0.3, -0.25) is 9.20 Å². The van der Waals surface area contributed by atoms with Gasteiger partial charge < -0.3 is 9.32 Å². The number of hydrogen-bond donors (Lipinski definition) is 1. The molecular formula is C17H16N3O2S2+. The molecule has 0 amide bonds. The van der Waals surface area contributed by atoms with Gasteiger partial charge in [0.1, 0.15) is 25.3 Å². The van der Waals surface area contributed by atoms with Crippen molar-refractivity contribution in [1.82, 2.24) is 9.38 Å². The van der Waals surface area contributed by atoms with E-state index in [1.54, 1.807) is 34.3 Å². The molecule has 0 aliphatic rings. The lowest BCUT2D eigenvalue weighted by Crippen LogP contribution is -3.08. The van der Waals surface area contributed by atoms with Crippen LogP contribution in [0.5, 0.6) is 0 Å². The molecule has 0 aliphatic carbocycles. The van der Waals surface area contributed by atoms with Crippen LogP contribution in [0.2, 0.25) is 0 Å². The monoisotopic (exact) mass is 358 g/mol. The first kappa shape index (κ1) is 15.3. The molecule has 0 bridgehead atoms. The van der Waals surface area contributed by atoms with Crippen molar-refractivity contribution in [3.05, 3.63) is 80.2 Å². The predicted molar refractivity (Wildman–Crippen MR) is 94.4 cm³/mol. The van der Waals surface area contributed by atoms with Gasteiger partial charge in [-0.25, -0.2) is 4.98 Å². The van der Waals surface area contributed by atoms with Crippen molar-refractivity contribution in [3.63, 3.8) is 0 Å². The average molecular weight is 358 g/mol. The molecule has 7 heteroatoms. The summed E-state index contributed by atoms with van der Waals surface area (Å²) < 4.78 is 7.08. The predicted octanol–water partition coefficient (Wildman–Crippen LogP) is 2.20. The van der Waals surface area contributed by atoms with E-state index in [-0.39, 0.29) is 5.56 Å². The maximum Gasteiger partial charge on any atom is 0.258 e. The van der Waals surface area contributed by atoms with Crippen LogP contribution in [0.4, 0.5) is 0 Å². The summed E-state index contributed by atoms with van der Waals surface area (Å²) in [5.41, 5.74) is 0.797. The summed E-state index contributed by atoms with van der Waals surface area (Å²) in [6.07, 6.45) is 3.46. The summed E-state index contributed by atoms with van der Waals surface area (Å²) in [4.78, 5) is 20.2. The molecule has 0 fully saturated rings. The minimum atomic E-state index is -0.0234. The van der Waals surface area contributed by atoms with E-state index in [4.69, 9.17) is 4.42 Å². The summed E-state index contributed by atoms with van der Waals surface area (Å²) in [5, 5.41) is 3.97. The fourth-order valence-electron chi connectivity index (χ4n) is 2.74. The largest absolute Gasteiger partial charge is 0.463 e. The molecule has 0 spiro atoms.